The number of ether oxygens (including phenoxy) is 2. The molecule has 0 saturated heterocycles. The molecule has 1 aromatic carbocycles. The number of nitrogens with one attached hydrogen (secondary N) is 1. The molecular weight excluding hydrogens is 482 g/mol. The molecule has 0 atom stereocenters. The SMILES string of the molecule is CCCOc1cc(Br)c(C2C3=C(CC(C)(C)CC3=O)NC3=C2C(=O)CC(C)(C)C3)cc1OC. The van der Waals surface area contributed by atoms with Gasteiger partial charge in [-0.2, -0.15) is 0 Å². The molecule has 1 N–H and O–H groups in total. The highest BCUT2D eigenvalue weighted by Gasteiger charge is 2.47. The van der Waals surface area contributed by atoms with Gasteiger partial charge < -0.3 is 14.8 Å². The van der Waals surface area contributed by atoms with Crippen molar-refractivity contribution in [1.82, 2.24) is 5.32 Å². The quantitative estimate of drug-likeness (QED) is 0.504. The zero-order chi connectivity index (χ0) is 24.1. The van der Waals surface area contributed by atoms with Gasteiger partial charge in [-0.05, 0) is 47.8 Å². The predicted octanol–water partition coefficient (Wildman–Crippen LogP) is 6.22. The van der Waals surface area contributed by atoms with Crippen LogP contribution in [0.3, 0.4) is 0 Å². The normalized spacial score (nSPS) is 22.0. The third-order valence-corrected chi connectivity index (χ3v) is 7.46. The molecule has 1 aromatic rings. The standard InChI is InChI=1S/C27H34BrNO4/c1-7-8-33-22-10-16(28)15(9-21(22)32-6)23-24-17(11-26(2,3)13-19(24)30)29-18-12-27(4,5)14-20(31)25(18)23/h9-10,23,29H,7-8,11-14H2,1-6H3. The maximum atomic E-state index is 13.5. The molecule has 4 rings (SSSR count). The molecule has 6 heteroatoms. The Labute approximate surface area is 205 Å². The first kappa shape index (κ1) is 24.1. The highest BCUT2D eigenvalue weighted by Crippen LogP contribution is 2.53. The third-order valence-electron chi connectivity index (χ3n) is 6.77. The number of allylic oxidation sites excluding steroid dienone is 4. The molecule has 5 nitrogen and oxygen atoms in total. The lowest BCUT2D eigenvalue weighted by Gasteiger charge is -2.44. The largest absolute Gasteiger partial charge is 0.493 e. The molecule has 0 radical (unpaired) electrons. The second-order valence-corrected chi connectivity index (χ2v) is 12.0. The molecule has 0 fully saturated rings. The van der Waals surface area contributed by atoms with Crippen LogP contribution in [0.2, 0.25) is 0 Å². The van der Waals surface area contributed by atoms with E-state index in [4.69, 9.17) is 9.47 Å². The highest BCUT2D eigenvalue weighted by atomic mass is 79.9. The van der Waals surface area contributed by atoms with Crippen LogP contribution in [-0.2, 0) is 9.59 Å². The van der Waals surface area contributed by atoms with Crippen LogP contribution in [0.25, 0.3) is 0 Å². The van der Waals surface area contributed by atoms with Gasteiger partial charge in [0.05, 0.1) is 13.7 Å². The Hall–Kier alpha value is -2.08. The van der Waals surface area contributed by atoms with E-state index < -0.39 is 5.92 Å². The molecule has 3 aliphatic rings. The van der Waals surface area contributed by atoms with Gasteiger partial charge >= 0.3 is 0 Å². The summed E-state index contributed by atoms with van der Waals surface area (Å²) in [5, 5.41) is 3.56. The van der Waals surface area contributed by atoms with E-state index in [0.29, 0.717) is 30.9 Å². The molecule has 0 unspecified atom stereocenters. The summed E-state index contributed by atoms with van der Waals surface area (Å²) in [6.07, 6.45) is 3.39. The van der Waals surface area contributed by atoms with Crippen molar-refractivity contribution in [3.05, 3.63) is 44.7 Å². The summed E-state index contributed by atoms with van der Waals surface area (Å²) in [7, 11) is 1.62. The van der Waals surface area contributed by atoms with Gasteiger partial charge in [0.15, 0.2) is 23.1 Å². The minimum Gasteiger partial charge on any atom is -0.493 e. The van der Waals surface area contributed by atoms with Crippen molar-refractivity contribution in [2.24, 2.45) is 10.8 Å². The summed E-state index contributed by atoms with van der Waals surface area (Å²) >= 11 is 3.73. The molecule has 0 saturated carbocycles. The van der Waals surface area contributed by atoms with Crippen LogP contribution in [0, 0.1) is 10.8 Å². The van der Waals surface area contributed by atoms with Gasteiger partial charge in [-0.1, -0.05) is 50.5 Å². The lowest BCUT2D eigenvalue weighted by atomic mass is 9.64. The van der Waals surface area contributed by atoms with Crippen LogP contribution in [0.15, 0.2) is 39.1 Å². The molecule has 0 spiro atoms. The number of dihydropyridines is 1. The van der Waals surface area contributed by atoms with Gasteiger partial charge in [0.2, 0.25) is 0 Å². The Morgan fingerprint density at radius 3 is 1.97 bits per heavy atom. The average molecular weight is 516 g/mol. The molecule has 0 aromatic heterocycles. The maximum Gasteiger partial charge on any atom is 0.162 e. The molecule has 0 amide bonds. The lowest BCUT2D eigenvalue weighted by Crippen LogP contribution is -2.42. The van der Waals surface area contributed by atoms with Crippen molar-refractivity contribution in [1.29, 1.82) is 0 Å². The van der Waals surface area contributed by atoms with Crippen molar-refractivity contribution < 1.29 is 19.1 Å². The number of rotatable bonds is 5. The molecule has 178 valence electrons. The van der Waals surface area contributed by atoms with Gasteiger partial charge in [0.25, 0.3) is 0 Å². The monoisotopic (exact) mass is 515 g/mol. The van der Waals surface area contributed by atoms with E-state index in [-0.39, 0.29) is 22.4 Å². The van der Waals surface area contributed by atoms with Gasteiger partial charge in [0, 0.05) is 45.8 Å². The van der Waals surface area contributed by atoms with E-state index in [1.54, 1.807) is 7.11 Å². The summed E-state index contributed by atoms with van der Waals surface area (Å²) in [5.41, 5.74) is 4.01. The number of hydrogen-bond donors (Lipinski definition) is 1. The molecule has 0 bridgehead atoms. The molecule has 1 heterocycles. The number of methoxy groups -OCH3 is 1. The minimum atomic E-state index is -0.410. The van der Waals surface area contributed by atoms with Crippen molar-refractivity contribution in [3.8, 4) is 11.5 Å². The fraction of sp³-hybridized carbons (Fsp3) is 0.556. The third kappa shape index (κ3) is 4.51. The van der Waals surface area contributed by atoms with E-state index >= 15 is 0 Å². The Bertz CT molecular complexity index is 1030. The van der Waals surface area contributed by atoms with Crippen LogP contribution in [0.5, 0.6) is 11.5 Å². The van der Waals surface area contributed by atoms with Crippen molar-refractivity contribution >= 4 is 27.5 Å². The van der Waals surface area contributed by atoms with Crippen molar-refractivity contribution in [2.45, 2.75) is 72.6 Å². The first-order chi connectivity index (χ1) is 15.5. The molecule has 2 aliphatic carbocycles. The van der Waals surface area contributed by atoms with Gasteiger partial charge in [-0.15, -0.1) is 0 Å². The van der Waals surface area contributed by atoms with Crippen LogP contribution < -0.4 is 14.8 Å². The number of carbonyl (C=O) groups excluding carboxylic acids is 2. The van der Waals surface area contributed by atoms with Gasteiger partial charge in [-0.3, -0.25) is 9.59 Å². The fourth-order valence-corrected chi connectivity index (χ4v) is 6.01. The zero-order valence-electron chi connectivity index (χ0n) is 20.5. The summed E-state index contributed by atoms with van der Waals surface area (Å²) in [5.74, 6) is 1.07. The van der Waals surface area contributed by atoms with Gasteiger partial charge in [0.1, 0.15) is 0 Å². The first-order valence-corrected chi connectivity index (χ1v) is 12.6. The fourth-order valence-electron chi connectivity index (χ4n) is 5.46. The predicted molar refractivity (Wildman–Crippen MR) is 132 cm³/mol. The van der Waals surface area contributed by atoms with E-state index in [1.807, 2.05) is 12.1 Å². The summed E-state index contributed by atoms with van der Waals surface area (Å²) in [6.45, 7) is 11.2. The Morgan fingerprint density at radius 1 is 0.939 bits per heavy atom. The number of hydrogen-bond acceptors (Lipinski definition) is 5. The Morgan fingerprint density at radius 2 is 1.48 bits per heavy atom. The number of carbonyl (C=O) groups is 2. The van der Waals surface area contributed by atoms with Gasteiger partial charge in [-0.25, -0.2) is 0 Å². The zero-order valence-corrected chi connectivity index (χ0v) is 22.1. The summed E-state index contributed by atoms with van der Waals surface area (Å²) in [4.78, 5) is 27.0. The first-order valence-electron chi connectivity index (χ1n) is 11.8. The second-order valence-electron chi connectivity index (χ2n) is 11.1. The van der Waals surface area contributed by atoms with E-state index in [2.05, 4.69) is 55.9 Å². The van der Waals surface area contributed by atoms with Crippen molar-refractivity contribution in [3.63, 3.8) is 0 Å². The summed E-state index contributed by atoms with van der Waals surface area (Å²) < 4.78 is 12.4. The van der Waals surface area contributed by atoms with E-state index in [1.165, 1.54) is 0 Å². The number of benzene rings is 1. The molecular formula is C27H34BrNO4. The highest BCUT2D eigenvalue weighted by molar-refractivity contribution is 9.10. The van der Waals surface area contributed by atoms with Crippen LogP contribution in [-0.4, -0.2) is 25.3 Å². The smallest absolute Gasteiger partial charge is 0.162 e. The maximum absolute atomic E-state index is 13.5. The molecule has 33 heavy (non-hydrogen) atoms. The lowest BCUT2D eigenvalue weighted by molar-refractivity contribution is -0.119. The number of Topliss-reactive ketones (excluding diaryl/α,β-unsaturated/α-hetero) is 2. The number of ketones is 2. The Balaban J connectivity index is 1.92. The van der Waals surface area contributed by atoms with Crippen LogP contribution in [0.1, 0.15) is 78.2 Å². The molecule has 1 aliphatic heterocycles. The minimum absolute atomic E-state index is 0.111. The Kier molecular flexibility index (Phi) is 6.27. The van der Waals surface area contributed by atoms with E-state index in [9.17, 15) is 9.59 Å². The summed E-state index contributed by atoms with van der Waals surface area (Å²) in [6, 6.07) is 3.83. The average Bonchev–Trinajstić information content (AvgIpc) is 2.69. The van der Waals surface area contributed by atoms with E-state index in [0.717, 1.165) is 51.8 Å². The second kappa shape index (κ2) is 8.61. The van der Waals surface area contributed by atoms with Crippen LogP contribution in [0.4, 0.5) is 0 Å². The van der Waals surface area contributed by atoms with Crippen LogP contribution >= 0.6 is 15.9 Å². The topological polar surface area (TPSA) is 64.6 Å². The number of halogens is 1. The van der Waals surface area contributed by atoms with Crippen molar-refractivity contribution in [2.75, 3.05) is 13.7 Å².